The Bertz CT molecular complexity index is 831. The van der Waals surface area contributed by atoms with E-state index in [2.05, 4.69) is 15.3 Å². The SMILES string of the molecule is CN(c1ccc2nnc(C(F)(F)F)n2n1)C1CCN(CC(F)(F)F)C1=O. The number of rotatable bonds is 3. The number of likely N-dealkylation sites (N-methyl/N-ethyl adjacent to an activating group) is 1. The van der Waals surface area contributed by atoms with Gasteiger partial charge in [0.15, 0.2) is 5.65 Å². The van der Waals surface area contributed by atoms with Gasteiger partial charge in [0.05, 0.1) is 0 Å². The average Bonchev–Trinajstić information content (AvgIpc) is 3.08. The van der Waals surface area contributed by atoms with Crippen LogP contribution in [-0.4, -0.2) is 63.0 Å². The third kappa shape index (κ3) is 3.37. The molecule has 0 spiro atoms. The summed E-state index contributed by atoms with van der Waals surface area (Å²) in [6, 6.07) is 1.60. The summed E-state index contributed by atoms with van der Waals surface area (Å²) in [7, 11) is 1.38. The number of hydrogen-bond acceptors (Lipinski definition) is 5. The van der Waals surface area contributed by atoms with Crippen molar-refractivity contribution in [2.45, 2.75) is 24.8 Å². The lowest BCUT2D eigenvalue weighted by Crippen LogP contribution is -2.43. The molecule has 26 heavy (non-hydrogen) atoms. The zero-order valence-corrected chi connectivity index (χ0v) is 13.2. The molecule has 1 fully saturated rings. The number of amides is 1. The van der Waals surface area contributed by atoms with E-state index in [0.29, 0.717) is 9.42 Å². The monoisotopic (exact) mass is 382 g/mol. The molecule has 7 nitrogen and oxygen atoms in total. The molecule has 0 aliphatic carbocycles. The van der Waals surface area contributed by atoms with Crippen LogP contribution in [0.2, 0.25) is 0 Å². The molecule has 3 heterocycles. The first-order valence-corrected chi connectivity index (χ1v) is 7.35. The molecule has 1 aliphatic rings. The predicted molar refractivity (Wildman–Crippen MR) is 75.2 cm³/mol. The molecule has 1 unspecified atom stereocenters. The summed E-state index contributed by atoms with van der Waals surface area (Å²) in [5.74, 6) is -2.11. The van der Waals surface area contributed by atoms with Crippen molar-refractivity contribution in [2.24, 2.45) is 0 Å². The van der Waals surface area contributed by atoms with Gasteiger partial charge in [0.25, 0.3) is 5.82 Å². The second-order valence-corrected chi connectivity index (χ2v) is 5.77. The Morgan fingerprint density at radius 1 is 1.19 bits per heavy atom. The van der Waals surface area contributed by atoms with E-state index in [-0.39, 0.29) is 24.4 Å². The smallest absolute Gasteiger partial charge is 0.346 e. The average molecular weight is 382 g/mol. The second-order valence-electron chi connectivity index (χ2n) is 5.77. The Kier molecular flexibility index (Phi) is 4.19. The van der Waals surface area contributed by atoms with Crippen molar-refractivity contribution in [1.29, 1.82) is 0 Å². The molecule has 0 bridgehead atoms. The van der Waals surface area contributed by atoms with Crippen LogP contribution < -0.4 is 4.90 Å². The maximum Gasteiger partial charge on any atom is 0.453 e. The van der Waals surface area contributed by atoms with Gasteiger partial charge in [-0.3, -0.25) is 4.79 Å². The van der Waals surface area contributed by atoms with Gasteiger partial charge < -0.3 is 9.80 Å². The molecule has 1 atom stereocenters. The molecule has 2 aromatic heterocycles. The van der Waals surface area contributed by atoms with Gasteiger partial charge in [0, 0.05) is 13.6 Å². The van der Waals surface area contributed by atoms with Crippen molar-refractivity contribution in [3.63, 3.8) is 0 Å². The van der Waals surface area contributed by atoms with Gasteiger partial charge in [-0.1, -0.05) is 0 Å². The quantitative estimate of drug-likeness (QED) is 0.757. The molecule has 0 radical (unpaired) electrons. The normalized spacial score (nSPS) is 18.8. The van der Waals surface area contributed by atoms with Crippen molar-refractivity contribution in [2.75, 3.05) is 25.0 Å². The minimum absolute atomic E-state index is 0.0185. The van der Waals surface area contributed by atoms with E-state index in [4.69, 9.17) is 0 Å². The summed E-state index contributed by atoms with van der Waals surface area (Å²) >= 11 is 0. The van der Waals surface area contributed by atoms with Crippen molar-refractivity contribution >= 4 is 17.4 Å². The summed E-state index contributed by atoms with van der Waals surface area (Å²) in [6.45, 7) is -1.47. The summed E-state index contributed by atoms with van der Waals surface area (Å²) in [5, 5.41) is 10.2. The van der Waals surface area contributed by atoms with Crippen LogP contribution in [0.4, 0.5) is 32.2 Å². The van der Waals surface area contributed by atoms with E-state index < -0.39 is 36.7 Å². The highest BCUT2D eigenvalue weighted by Gasteiger charge is 2.41. The lowest BCUT2D eigenvalue weighted by molar-refractivity contribution is -0.157. The number of nitrogens with zero attached hydrogens (tertiary/aromatic N) is 6. The molecule has 3 rings (SSSR count). The molecule has 0 N–H and O–H groups in total. The van der Waals surface area contributed by atoms with Crippen LogP contribution in [0.1, 0.15) is 12.2 Å². The number of hydrogen-bond donors (Lipinski definition) is 0. The number of alkyl halides is 6. The van der Waals surface area contributed by atoms with E-state index in [1.165, 1.54) is 24.1 Å². The third-order valence-corrected chi connectivity index (χ3v) is 3.97. The summed E-state index contributed by atoms with van der Waals surface area (Å²) in [6.07, 6.45) is -9.21. The standard InChI is InChI=1S/C13H12F6N6O/c1-23(7-4-5-24(10(7)26)6-12(14,15)16)9-3-2-8-20-21-11(13(17,18)19)25(8)22-9/h2-3,7H,4-6H2,1H3. The highest BCUT2D eigenvalue weighted by Crippen LogP contribution is 2.29. The maximum atomic E-state index is 12.9. The fourth-order valence-corrected chi connectivity index (χ4v) is 2.76. The van der Waals surface area contributed by atoms with Crippen LogP contribution in [0.25, 0.3) is 5.65 Å². The van der Waals surface area contributed by atoms with Crippen LogP contribution in [0.3, 0.4) is 0 Å². The number of carbonyl (C=O) groups is 1. The number of aromatic nitrogens is 4. The number of halogens is 6. The molecule has 1 amide bonds. The first-order valence-electron chi connectivity index (χ1n) is 7.35. The summed E-state index contributed by atoms with van der Waals surface area (Å²) in [5.41, 5.74) is -0.147. The number of anilines is 1. The minimum atomic E-state index is -4.78. The lowest BCUT2D eigenvalue weighted by Gasteiger charge is -2.25. The first kappa shape index (κ1) is 18.2. The summed E-state index contributed by atoms with van der Waals surface area (Å²) < 4.78 is 76.7. The number of fused-ring (bicyclic) bond motifs is 1. The molecule has 0 aromatic carbocycles. The highest BCUT2D eigenvalue weighted by atomic mass is 19.4. The van der Waals surface area contributed by atoms with Crippen LogP contribution in [0, 0.1) is 0 Å². The summed E-state index contributed by atoms with van der Waals surface area (Å²) in [4.78, 5) is 14.1. The van der Waals surface area contributed by atoms with Crippen molar-refractivity contribution < 1.29 is 31.1 Å². The molecule has 142 valence electrons. The van der Waals surface area contributed by atoms with Gasteiger partial charge in [-0.2, -0.15) is 30.9 Å². The van der Waals surface area contributed by atoms with Crippen molar-refractivity contribution in [3.05, 3.63) is 18.0 Å². The van der Waals surface area contributed by atoms with Crippen LogP contribution in [0.5, 0.6) is 0 Å². The van der Waals surface area contributed by atoms with Crippen molar-refractivity contribution in [1.82, 2.24) is 24.7 Å². The van der Waals surface area contributed by atoms with Crippen LogP contribution in [-0.2, 0) is 11.0 Å². The number of likely N-dealkylation sites (tertiary alicyclic amines) is 1. The Morgan fingerprint density at radius 2 is 1.88 bits per heavy atom. The van der Waals surface area contributed by atoms with E-state index >= 15 is 0 Å². The Hall–Kier alpha value is -2.60. The number of carbonyl (C=O) groups excluding carboxylic acids is 1. The van der Waals surface area contributed by atoms with Gasteiger partial charge in [-0.05, 0) is 18.6 Å². The highest BCUT2D eigenvalue weighted by molar-refractivity contribution is 5.87. The van der Waals surface area contributed by atoms with E-state index in [1.807, 2.05) is 0 Å². The Labute approximate surface area is 142 Å². The van der Waals surface area contributed by atoms with Crippen LogP contribution >= 0.6 is 0 Å². The van der Waals surface area contributed by atoms with Crippen LogP contribution in [0.15, 0.2) is 12.1 Å². The maximum absolute atomic E-state index is 12.9. The van der Waals surface area contributed by atoms with Gasteiger partial charge in [0.2, 0.25) is 5.91 Å². The van der Waals surface area contributed by atoms with E-state index in [9.17, 15) is 31.1 Å². The first-order chi connectivity index (χ1) is 12.0. The molecular weight excluding hydrogens is 370 g/mol. The lowest BCUT2D eigenvalue weighted by atomic mass is 10.2. The van der Waals surface area contributed by atoms with E-state index in [0.717, 1.165) is 0 Å². The van der Waals surface area contributed by atoms with Gasteiger partial charge in [-0.15, -0.1) is 15.3 Å². The predicted octanol–water partition coefficient (Wildman–Crippen LogP) is 1.74. The van der Waals surface area contributed by atoms with Gasteiger partial charge >= 0.3 is 12.4 Å². The molecule has 1 aliphatic heterocycles. The fourth-order valence-electron chi connectivity index (χ4n) is 2.76. The van der Waals surface area contributed by atoms with Crippen molar-refractivity contribution in [3.8, 4) is 0 Å². The molecule has 1 saturated heterocycles. The molecule has 2 aromatic rings. The Balaban J connectivity index is 1.86. The fraction of sp³-hybridized carbons (Fsp3) is 0.538. The zero-order valence-electron chi connectivity index (χ0n) is 13.2. The minimum Gasteiger partial charge on any atom is -0.346 e. The van der Waals surface area contributed by atoms with Gasteiger partial charge in [0.1, 0.15) is 18.4 Å². The molecule has 0 saturated carbocycles. The second kappa shape index (κ2) is 5.99. The largest absolute Gasteiger partial charge is 0.453 e. The zero-order chi connectivity index (χ0) is 19.3. The van der Waals surface area contributed by atoms with E-state index in [1.54, 1.807) is 0 Å². The molecular formula is C13H12F6N6O. The Morgan fingerprint density at radius 3 is 2.50 bits per heavy atom. The topological polar surface area (TPSA) is 66.6 Å². The molecule has 13 heteroatoms. The van der Waals surface area contributed by atoms with Gasteiger partial charge in [-0.25, -0.2) is 0 Å². The third-order valence-electron chi connectivity index (χ3n) is 3.97.